The fraction of sp³-hybridized carbons (Fsp3) is 0.360. The molecule has 0 saturated carbocycles. The lowest BCUT2D eigenvalue weighted by atomic mass is 9.90. The molecule has 32 heavy (non-hydrogen) atoms. The number of fused-ring (bicyclic) bond motifs is 1. The van der Waals surface area contributed by atoms with Crippen LogP contribution in [0, 0.1) is 0 Å². The molecule has 164 valence electrons. The lowest BCUT2D eigenvalue weighted by molar-refractivity contribution is 0.0988. The van der Waals surface area contributed by atoms with Crippen LogP contribution in [-0.4, -0.2) is 47.0 Å². The minimum Gasteiger partial charge on any atom is -0.382 e. The van der Waals surface area contributed by atoms with Crippen molar-refractivity contribution in [3.05, 3.63) is 65.2 Å². The smallest absolute Gasteiger partial charge is 0.189 e. The van der Waals surface area contributed by atoms with Crippen molar-refractivity contribution in [1.29, 1.82) is 0 Å². The predicted octanol–water partition coefficient (Wildman–Crippen LogP) is 3.26. The molecule has 0 spiro atoms. The van der Waals surface area contributed by atoms with E-state index in [1.807, 2.05) is 6.07 Å². The van der Waals surface area contributed by atoms with Crippen molar-refractivity contribution in [2.75, 3.05) is 36.9 Å². The van der Waals surface area contributed by atoms with E-state index in [9.17, 15) is 4.79 Å². The van der Waals surface area contributed by atoms with Crippen molar-refractivity contribution in [3.63, 3.8) is 0 Å². The molecule has 1 fully saturated rings. The molecule has 0 bridgehead atoms. The number of aryl methyl sites for hydroxylation is 2. The molecule has 0 unspecified atom stereocenters. The van der Waals surface area contributed by atoms with Crippen LogP contribution in [0.5, 0.6) is 0 Å². The lowest BCUT2D eigenvalue weighted by Crippen LogP contribution is -2.37. The van der Waals surface area contributed by atoms with E-state index in [2.05, 4.69) is 38.1 Å². The fourth-order valence-corrected chi connectivity index (χ4v) is 4.56. The Morgan fingerprint density at radius 3 is 2.72 bits per heavy atom. The molecule has 1 saturated heterocycles. The summed E-state index contributed by atoms with van der Waals surface area (Å²) in [5.74, 6) is 0.00541. The van der Waals surface area contributed by atoms with Crippen molar-refractivity contribution in [1.82, 2.24) is 15.0 Å². The normalized spacial score (nSPS) is 15.9. The van der Waals surface area contributed by atoms with Crippen LogP contribution in [0.4, 0.5) is 11.5 Å². The number of carbonyl (C=O) groups excluding carboxylic acids is 1. The molecule has 3 heterocycles. The van der Waals surface area contributed by atoms with Gasteiger partial charge in [0.2, 0.25) is 0 Å². The van der Waals surface area contributed by atoms with E-state index in [1.165, 1.54) is 24.0 Å². The van der Waals surface area contributed by atoms with Gasteiger partial charge in [-0.15, -0.1) is 0 Å². The minimum atomic E-state index is -0.155. The standard InChI is InChI=1S/C25H27N5O2/c26-25-24(23(31)14-20-15-27-8-7-22(20)30-9-11-32-12-10-30)29-21(16-28-25)19-6-5-17-3-1-2-4-18(17)13-19/h5-8,13,15-16H,1-4,9-12,14H2,(H2,26,28). The number of Topliss-reactive ketones (excluding diaryl/α,β-unsaturated/α-hetero) is 1. The van der Waals surface area contributed by atoms with E-state index < -0.39 is 0 Å². The molecule has 2 N–H and O–H groups in total. The molecule has 7 nitrogen and oxygen atoms in total. The van der Waals surface area contributed by atoms with Gasteiger partial charge in [-0.1, -0.05) is 12.1 Å². The summed E-state index contributed by atoms with van der Waals surface area (Å²) in [6.45, 7) is 2.94. The zero-order chi connectivity index (χ0) is 21.9. The fourth-order valence-electron chi connectivity index (χ4n) is 4.56. The second kappa shape index (κ2) is 9.04. The average molecular weight is 430 g/mol. The summed E-state index contributed by atoms with van der Waals surface area (Å²) in [7, 11) is 0. The highest BCUT2D eigenvalue weighted by atomic mass is 16.5. The number of carbonyl (C=O) groups is 1. The van der Waals surface area contributed by atoms with Crippen LogP contribution in [0.1, 0.15) is 40.0 Å². The van der Waals surface area contributed by atoms with Crippen LogP contribution in [0.15, 0.2) is 42.9 Å². The molecular weight excluding hydrogens is 402 g/mol. The van der Waals surface area contributed by atoms with E-state index in [1.54, 1.807) is 18.6 Å². The molecule has 0 atom stereocenters. The van der Waals surface area contributed by atoms with Crippen LogP contribution in [0.3, 0.4) is 0 Å². The first-order valence-corrected chi connectivity index (χ1v) is 11.2. The van der Waals surface area contributed by atoms with E-state index in [0.717, 1.165) is 42.7 Å². The van der Waals surface area contributed by atoms with Gasteiger partial charge in [-0.25, -0.2) is 9.97 Å². The number of aromatic nitrogens is 3. The van der Waals surface area contributed by atoms with Gasteiger partial charge in [-0.2, -0.15) is 0 Å². The highest BCUT2D eigenvalue weighted by Gasteiger charge is 2.20. The molecule has 2 aromatic heterocycles. The molecule has 7 heteroatoms. The van der Waals surface area contributed by atoms with Gasteiger partial charge in [0.15, 0.2) is 11.6 Å². The van der Waals surface area contributed by atoms with Crippen molar-refractivity contribution in [3.8, 4) is 11.3 Å². The molecule has 0 radical (unpaired) electrons. The first kappa shape index (κ1) is 20.6. The molecule has 1 aliphatic heterocycles. The minimum absolute atomic E-state index is 0.155. The predicted molar refractivity (Wildman–Crippen MR) is 124 cm³/mol. The number of anilines is 2. The van der Waals surface area contributed by atoms with Gasteiger partial charge in [0.1, 0.15) is 5.69 Å². The number of ether oxygens (including phenoxy) is 1. The monoisotopic (exact) mass is 429 g/mol. The Balaban J connectivity index is 1.42. The topological polar surface area (TPSA) is 94.2 Å². The summed E-state index contributed by atoms with van der Waals surface area (Å²) in [6.07, 6.45) is 10.00. The average Bonchev–Trinajstić information content (AvgIpc) is 2.85. The van der Waals surface area contributed by atoms with Gasteiger partial charge in [-0.3, -0.25) is 9.78 Å². The largest absolute Gasteiger partial charge is 0.382 e. The molecular formula is C25H27N5O2. The number of ketones is 1. The maximum atomic E-state index is 13.2. The van der Waals surface area contributed by atoms with Crippen molar-refractivity contribution in [2.24, 2.45) is 0 Å². The highest BCUT2D eigenvalue weighted by molar-refractivity contribution is 6.00. The van der Waals surface area contributed by atoms with Crippen LogP contribution in [0.25, 0.3) is 11.3 Å². The third-order valence-corrected chi connectivity index (χ3v) is 6.29. The van der Waals surface area contributed by atoms with Gasteiger partial charge >= 0.3 is 0 Å². The number of rotatable bonds is 5. The SMILES string of the molecule is Nc1ncc(-c2ccc3c(c2)CCCC3)nc1C(=O)Cc1cnccc1N1CCOCC1. The molecule has 1 aliphatic carbocycles. The van der Waals surface area contributed by atoms with Crippen LogP contribution in [0.2, 0.25) is 0 Å². The maximum absolute atomic E-state index is 13.2. The second-order valence-corrected chi connectivity index (χ2v) is 8.38. The summed E-state index contributed by atoms with van der Waals surface area (Å²) in [4.78, 5) is 28.6. The quantitative estimate of drug-likeness (QED) is 0.622. The van der Waals surface area contributed by atoms with E-state index >= 15 is 0 Å². The molecule has 1 aromatic carbocycles. The van der Waals surface area contributed by atoms with Crippen molar-refractivity contribution >= 4 is 17.3 Å². The molecule has 3 aromatic rings. The third kappa shape index (κ3) is 4.21. The van der Waals surface area contributed by atoms with E-state index in [0.29, 0.717) is 18.9 Å². The van der Waals surface area contributed by atoms with E-state index in [4.69, 9.17) is 10.5 Å². The third-order valence-electron chi connectivity index (χ3n) is 6.29. The Morgan fingerprint density at radius 2 is 1.88 bits per heavy atom. The Kier molecular flexibility index (Phi) is 5.81. The molecule has 5 rings (SSSR count). The number of morpholine rings is 1. The molecule has 0 amide bonds. The number of nitrogen functional groups attached to an aromatic ring is 1. The van der Waals surface area contributed by atoms with Crippen LogP contribution < -0.4 is 10.6 Å². The first-order chi connectivity index (χ1) is 15.7. The van der Waals surface area contributed by atoms with Crippen LogP contribution >= 0.6 is 0 Å². The number of hydrogen-bond donors (Lipinski definition) is 1. The second-order valence-electron chi connectivity index (χ2n) is 8.38. The maximum Gasteiger partial charge on any atom is 0.189 e. The zero-order valence-electron chi connectivity index (χ0n) is 18.1. The van der Waals surface area contributed by atoms with Gasteiger partial charge in [0.05, 0.1) is 25.1 Å². The number of benzene rings is 1. The Hall–Kier alpha value is -3.32. The summed E-state index contributed by atoms with van der Waals surface area (Å²) in [6, 6.07) is 8.37. The Morgan fingerprint density at radius 1 is 1.06 bits per heavy atom. The Bertz CT molecular complexity index is 1140. The van der Waals surface area contributed by atoms with Gasteiger partial charge in [0, 0.05) is 48.7 Å². The molecule has 2 aliphatic rings. The summed E-state index contributed by atoms with van der Waals surface area (Å²) < 4.78 is 5.46. The summed E-state index contributed by atoms with van der Waals surface area (Å²) >= 11 is 0. The number of pyridine rings is 1. The summed E-state index contributed by atoms with van der Waals surface area (Å²) in [5.41, 5.74) is 12.6. The number of hydrogen-bond acceptors (Lipinski definition) is 7. The Labute approximate surface area is 187 Å². The van der Waals surface area contributed by atoms with Crippen LogP contribution in [-0.2, 0) is 24.0 Å². The van der Waals surface area contributed by atoms with E-state index in [-0.39, 0.29) is 23.7 Å². The zero-order valence-corrected chi connectivity index (χ0v) is 18.1. The van der Waals surface area contributed by atoms with Crippen molar-refractivity contribution in [2.45, 2.75) is 32.1 Å². The lowest BCUT2D eigenvalue weighted by Gasteiger charge is -2.30. The van der Waals surface area contributed by atoms with Gasteiger partial charge in [-0.05, 0) is 48.9 Å². The summed E-state index contributed by atoms with van der Waals surface area (Å²) in [5, 5.41) is 0. The van der Waals surface area contributed by atoms with Gasteiger partial charge in [0.25, 0.3) is 0 Å². The highest BCUT2D eigenvalue weighted by Crippen LogP contribution is 2.28. The number of nitrogens with zero attached hydrogens (tertiary/aromatic N) is 4. The van der Waals surface area contributed by atoms with Gasteiger partial charge < -0.3 is 15.4 Å². The number of nitrogens with two attached hydrogens (primary N) is 1. The first-order valence-electron chi connectivity index (χ1n) is 11.2. The van der Waals surface area contributed by atoms with Crippen molar-refractivity contribution < 1.29 is 9.53 Å².